The number of hydrogen-bond donors (Lipinski definition) is 1. The molecule has 1 N–H and O–H groups in total. The van der Waals surface area contributed by atoms with E-state index in [4.69, 9.17) is 9.47 Å². The van der Waals surface area contributed by atoms with Crippen LogP contribution in [0.15, 0.2) is 72.3 Å². The third-order valence-electron chi connectivity index (χ3n) is 5.41. The minimum Gasteiger partial charge on any atom is -0.493 e. The number of carbonyl (C=O) groups is 3. The van der Waals surface area contributed by atoms with E-state index in [0.717, 1.165) is 6.07 Å². The SMILES string of the molecule is COc1cc(/C=C2\C(=O)NC(=O)N(c3cccc([N+](=O)[O-])c3)C2=O)ccc1OCc1cccc([N+](=O)[O-])c1. The van der Waals surface area contributed by atoms with Crippen molar-refractivity contribution in [1.29, 1.82) is 0 Å². The fourth-order valence-electron chi connectivity index (χ4n) is 3.62. The summed E-state index contributed by atoms with van der Waals surface area (Å²) in [7, 11) is 1.38. The summed E-state index contributed by atoms with van der Waals surface area (Å²) >= 11 is 0. The van der Waals surface area contributed by atoms with Crippen LogP contribution in [0, 0.1) is 20.2 Å². The number of imide groups is 2. The van der Waals surface area contributed by atoms with Crippen molar-refractivity contribution >= 4 is 41.0 Å². The number of urea groups is 1. The lowest BCUT2D eigenvalue weighted by atomic mass is 10.1. The van der Waals surface area contributed by atoms with Crippen molar-refractivity contribution in [3.8, 4) is 11.5 Å². The summed E-state index contributed by atoms with van der Waals surface area (Å²) in [6.45, 7) is 0.0135. The maximum Gasteiger partial charge on any atom is 0.335 e. The van der Waals surface area contributed by atoms with Crippen molar-refractivity contribution in [2.75, 3.05) is 12.0 Å². The van der Waals surface area contributed by atoms with Crippen molar-refractivity contribution < 1.29 is 33.7 Å². The number of nitro benzene ring substituents is 2. The highest BCUT2D eigenvalue weighted by Crippen LogP contribution is 2.31. The van der Waals surface area contributed by atoms with Gasteiger partial charge in [-0.25, -0.2) is 9.69 Å². The van der Waals surface area contributed by atoms with Crippen LogP contribution in [0.4, 0.5) is 21.9 Å². The molecule has 0 bridgehead atoms. The number of nitro groups is 2. The zero-order valence-corrected chi connectivity index (χ0v) is 19.7. The van der Waals surface area contributed by atoms with E-state index in [0.29, 0.717) is 21.8 Å². The molecule has 1 heterocycles. The molecule has 4 amide bonds. The summed E-state index contributed by atoms with van der Waals surface area (Å²) in [4.78, 5) is 59.5. The van der Waals surface area contributed by atoms with Gasteiger partial charge in [0.05, 0.1) is 22.6 Å². The highest BCUT2D eigenvalue weighted by molar-refractivity contribution is 6.39. The van der Waals surface area contributed by atoms with E-state index in [1.165, 1.54) is 67.8 Å². The van der Waals surface area contributed by atoms with Gasteiger partial charge in [-0.05, 0) is 35.4 Å². The Morgan fingerprint density at radius 1 is 0.895 bits per heavy atom. The molecule has 1 aliphatic rings. The van der Waals surface area contributed by atoms with Crippen LogP contribution in [0.3, 0.4) is 0 Å². The standard InChI is InChI=1S/C25H18N4O9/c1-37-22-12-15(8-9-21(22)38-14-16-4-2-6-18(10-16)28(33)34)11-20-23(30)26-25(32)27(24(20)31)17-5-3-7-19(13-17)29(35)36/h2-13H,14H2,1H3,(H,26,30,32)/b20-11+. The predicted octanol–water partition coefficient (Wildman–Crippen LogP) is 3.76. The molecule has 0 unspecified atom stereocenters. The number of methoxy groups -OCH3 is 1. The largest absolute Gasteiger partial charge is 0.493 e. The molecule has 0 saturated carbocycles. The van der Waals surface area contributed by atoms with Gasteiger partial charge in [-0.3, -0.25) is 35.1 Å². The average molecular weight is 518 g/mol. The fraction of sp³-hybridized carbons (Fsp3) is 0.0800. The lowest BCUT2D eigenvalue weighted by molar-refractivity contribution is -0.385. The molecule has 3 aromatic carbocycles. The first kappa shape index (κ1) is 25.5. The van der Waals surface area contributed by atoms with Gasteiger partial charge in [0.15, 0.2) is 11.5 Å². The summed E-state index contributed by atoms with van der Waals surface area (Å²) in [5.41, 5.74) is 0.0364. The van der Waals surface area contributed by atoms with E-state index < -0.39 is 27.7 Å². The monoisotopic (exact) mass is 518 g/mol. The number of hydrogen-bond acceptors (Lipinski definition) is 9. The van der Waals surface area contributed by atoms with Crippen molar-refractivity contribution in [2.45, 2.75) is 6.61 Å². The van der Waals surface area contributed by atoms with Crippen molar-refractivity contribution in [2.24, 2.45) is 0 Å². The number of non-ortho nitro benzene ring substituents is 2. The van der Waals surface area contributed by atoms with Gasteiger partial charge in [-0.2, -0.15) is 0 Å². The van der Waals surface area contributed by atoms with Gasteiger partial charge in [0.25, 0.3) is 23.2 Å². The minimum atomic E-state index is -1.04. The molecule has 0 radical (unpaired) electrons. The molecule has 3 aromatic rings. The lowest BCUT2D eigenvalue weighted by Gasteiger charge is -2.26. The molecular formula is C25H18N4O9. The molecule has 38 heavy (non-hydrogen) atoms. The van der Waals surface area contributed by atoms with Crippen LogP contribution < -0.4 is 19.7 Å². The maximum absolute atomic E-state index is 13.1. The number of rotatable bonds is 8. The second-order valence-corrected chi connectivity index (χ2v) is 7.86. The van der Waals surface area contributed by atoms with Crippen molar-refractivity contribution in [3.05, 3.63) is 104 Å². The summed E-state index contributed by atoms with van der Waals surface area (Å²) < 4.78 is 11.1. The highest BCUT2D eigenvalue weighted by atomic mass is 16.6. The number of barbiturate groups is 1. The average Bonchev–Trinajstić information content (AvgIpc) is 2.90. The van der Waals surface area contributed by atoms with Gasteiger partial charge in [-0.1, -0.05) is 24.3 Å². The minimum absolute atomic E-state index is 0.0135. The number of benzene rings is 3. The second kappa shape index (κ2) is 10.6. The Kier molecular flexibility index (Phi) is 7.10. The molecule has 1 fully saturated rings. The maximum atomic E-state index is 13.1. The van der Waals surface area contributed by atoms with E-state index in [1.54, 1.807) is 6.07 Å². The van der Waals surface area contributed by atoms with Gasteiger partial charge in [0, 0.05) is 24.3 Å². The first-order valence-electron chi connectivity index (χ1n) is 10.9. The lowest BCUT2D eigenvalue weighted by Crippen LogP contribution is -2.54. The Labute approximate surface area is 214 Å². The molecule has 13 heteroatoms. The smallest absolute Gasteiger partial charge is 0.335 e. The van der Waals surface area contributed by atoms with E-state index in [-0.39, 0.29) is 35.0 Å². The van der Waals surface area contributed by atoms with Gasteiger partial charge in [0.1, 0.15) is 12.2 Å². The first-order chi connectivity index (χ1) is 18.2. The van der Waals surface area contributed by atoms with Crippen LogP contribution in [-0.2, 0) is 16.2 Å². The fourth-order valence-corrected chi connectivity index (χ4v) is 3.62. The quantitative estimate of drug-likeness (QED) is 0.202. The van der Waals surface area contributed by atoms with E-state index in [2.05, 4.69) is 5.32 Å². The number of nitrogens with zero attached hydrogens (tertiary/aromatic N) is 3. The third kappa shape index (κ3) is 5.31. The Balaban J connectivity index is 1.59. The number of anilines is 1. The van der Waals surface area contributed by atoms with Crippen LogP contribution in [0.1, 0.15) is 11.1 Å². The highest BCUT2D eigenvalue weighted by Gasteiger charge is 2.37. The molecule has 4 rings (SSSR count). The van der Waals surface area contributed by atoms with Crippen LogP contribution in [0.5, 0.6) is 11.5 Å². The van der Waals surface area contributed by atoms with Crippen molar-refractivity contribution in [1.82, 2.24) is 5.32 Å². The normalized spacial score (nSPS) is 14.3. The van der Waals surface area contributed by atoms with E-state index >= 15 is 0 Å². The number of nitrogens with one attached hydrogen (secondary N) is 1. The Hall–Kier alpha value is -5.59. The van der Waals surface area contributed by atoms with Crippen molar-refractivity contribution in [3.63, 3.8) is 0 Å². The molecule has 1 saturated heterocycles. The van der Waals surface area contributed by atoms with E-state index in [9.17, 15) is 34.6 Å². The van der Waals surface area contributed by atoms with Crippen LogP contribution in [0.2, 0.25) is 0 Å². The Morgan fingerprint density at radius 3 is 2.26 bits per heavy atom. The molecule has 0 spiro atoms. The molecule has 0 atom stereocenters. The molecular weight excluding hydrogens is 500 g/mol. The number of ether oxygens (including phenoxy) is 2. The Morgan fingerprint density at radius 2 is 1.58 bits per heavy atom. The summed E-state index contributed by atoms with van der Waals surface area (Å²) in [5.74, 6) is -1.36. The molecule has 0 aliphatic carbocycles. The molecule has 13 nitrogen and oxygen atoms in total. The molecule has 1 aliphatic heterocycles. The zero-order valence-electron chi connectivity index (χ0n) is 19.7. The Bertz CT molecular complexity index is 1520. The van der Waals surface area contributed by atoms with Crippen LogP contribution in [0.25, 0.3) is 6.08 Å². The van der Waals surface area contributed by atoms with Gasteiger partial charge >= 0.3 is 6.03 Å². The zero-order chi connectivity index (χ0) is 27.4. The number of amides is 4. The molecule has 0 aromatic heterocycles. The topological polar surface area (TPSA) is 171 Å². The van der Waals surface area contributed by atoms with Gasteiger partial charge < -0.3 is 9.47 Å². The molecule has 192 valence electrons. The summed E-state index contributed by atoms with van der Waals surface area (Å²) in [6.07, 6.45) is 1.24. The van der Waals surface area contributed by atoms with Crippen LogP contribution in [-0.4, -0.2) is 34.8 Å². The third-order valence-corrected chi connectivity index (χ3v) is 5.41. The van der Waals surface area contributed by atoms with Gasteiger partial charge in [0.2, 0.25) is 0 Å². The summed E-state index contributed by atoms with van der Waals surface area (Å²) in [6, 6.07) is 14.3. The predicted molar refractivity (Wildman–Crippen MR) is 133 cm³/mol. The van der Waals surface area contributed by atoms with Gasteiger partial charge in [-0.15, -0.1) is 0 Å². The summed E-state index contributed by atoms with van der Waals surface area (Å²) in [5, 5.41) is 24.1. The second-order valence-electron chi connectivity index (χ2n) is 7.86. The first-order valence-corrected chi connectivity index (χ1v) is 10.9. The van der Waals surface area contributed by atoms with E-state index in [1.807, 2.05) is 0 Å². The number of carbonyl (C=O) groups excluding carboxylic acids is 3. The van der Waals surface area contributed by atoms with Crippen LogP contribution >= 0.6 is 0 Å².